The summed E-state index contributed by atoms with van der Waals surface area (Å²) in [7, 11) is -3.37. The molecule has 0 radical (unpaired) electrons. The normalized spacial score (nSPS) is 17.7. The monoisotopic (exact) mass is 370 g/mol. The van der Waals surface area contributed by atoms with E-state index in [9.17, 15) is 13.2 Å². The van der Waals surface area contributed by atoms with Crippen molar-refractivity contribution in [1.29, 1.82) is 0 Å². The number of amides is 1. The molecule has 3 aromatic rings. The molecule has 0 aliphatic carbocycles. The molecule has 1 aliphatic heterocycles. The van der Waals surface area contributed by atoms with Gasteiger partial charge in [0.05, 0.1) is 10.9 Å². The molecular formula is C18H18N4O3S. The lowest BCUT2D eigenvalue weighted by Gasteiger charge is -2.23. The summed E-state index contributed by atoms with van der Waals surface area (Å²) >= 11 is 0. The summed E-state index contributed by atoms with van der Waals surface area (Å²) in [6.07, 6.45) is 4.69. The van der Waals surface area contributed by atoms with E-state index in [0.29, 0.717) is 12.1 Å². The molecule has 1 aromatic carbocycles. The van der Waals surface area contributed by atoms with Crippen LogP contribution in [0.3, 0.4) is 0 Å². The number of aromatic nitrogens is 3. The van der Waals surface area contributed by atoms with Crippen molar-refractivity contribution >= 4 is 21.4 Å². The zero-order valence-corrected chi connectivity index (χ0v) is 15.1. The Morgan fingerprint density at radius 1 is 1.15 bits per heavy atom. The number of fused-ring (bicyclic) bond motifs is 1. The van der Waals surface area contributed by atoms with Crippen LogP contribution in [0.1, 0.15) is 35.1 Å². The third-order valence-corrected chi connectivity index (χ3v) is 5.77. The van der Waals surface area contributed by atoms with Crippen molar-refractivity contribution in [3.8, 4) is 0 Å². The van der Waals surface area contributed by atoms with E-state index in [1.165, 1.54) is 12.1 Å². The minimum atomic E-state index is -3.37. The standard InChI is InChI=1S/C18H18N4O3S/c1-26(24,25)14-7-4-6-13(12-14)18(23)21-11-5-8-15(21)17-20-19-16-9-2-3-10-22(16)17/h2-4,6-7,9-10,12,15H,5,8,11H2,1H3. The minimum absolute atomic E-state index is 0.145. The summed E-state index contributed by atoms with van der Waals surface area (Å²) in [6, 6.07) is 11.7. The Bertz CT molecular complexity index is 1090. The maximum Gasteiger partial charge on any atom is 0.254 e. The molecule has 1 fully saturated rings. The number of hydrogen-bond donors (Lipinski definition) is 0. The smallest absolute Gasteiger partial charge is 0.254 e. The Hall–Kier alpha value is -2.74. The average molecular weight is 370 g/mol. The van der Waals surface area contributed by atoms with Gasteiger partial charge in [-0.1, -0.05) is 12.1 Å². The Labute approximate surface area is 151 Å². The molecule has 1 aliphatic rings. The fourth-order valence-corrected chi connectivity index (χ4v) is 4.06. The maximum absolute atomic E-state index is 13.0. The van der Waals surface area contributed by atoms with E-state index < -0.39 is 9.84 Å². The van der Waals surface area contributed by atoms with Gasteiger partial charge in [-0.05, 0) is 43.2 Å². The highest BCUT2D eigenvalue weighted by Crippen LogP contribution is 2.32. The lowest BCUT2D eigenvalue weighted by Crippen LogP contribution is -2.31. The predicted molar refractivity (Wildman–Crippen MR) is 95.6 cm³/mol. The van der Waals surface area contributed by atoms with Crippen molar-refractivity contribution in [2.45, 2.75) is 23.8 Å². The van der Waals surface area contributed by atoms with E-state index in [2.05, 4.69) is 10.2 Å². The number of sulfone groups is 1. The van der Waals surface area contributed by atoms with E-state index in [-0.39, 0.29) is 16.8 Å². The van der Waals surface area contributed by atoms with Gasteiger partial charge in [-0.15, -0.1) is 10.2 Å². The lowest BCUT2D eigenvalue weighted by atomic mass is 10.1. The molecule has 134 valence electrons. The molecule has 0 bridgehead atoms. The molecule has 1 atom stereocenters. The van der Waals surface area contributed by atoms with Crippen molar-refractivity contribution in [2.75, 3.05) is 12.8 Å². The SMILES string of the molecule is CS(=O)(=O)c1cccc(C(=O)N2CCCC2c2nnc3ccccn23)c1. The Morgan fingerprint density at radius 2 is 2.00 bits per heavy atom. The van der Waals surface area contributed by atoms with Gasteiger partial charge in [0.2, 0.25) is 0 Å². The van der Waals surface area contributed by atoms with E-state index in [1.54, 1.807) is 17.0 Å². The van der Waals surface area contributed by atoms with E-state index >= 15 is 0 Å². The van der Waals surface area contributed by atoms with Gasteiger partial charge >= 0.3 is 0 Å². The minimum Gasteiger partial charge on any atom is -0.328 e. The van der Waals surface area contributed by atoms with Crippen LogP contribution in [-0.2, 0) is 9.84 Å². The van der Waals surface area contributed by atoms with Crippen LogP contribution in [0.5, 0.6) is 0 Å². The van der Waals surface area contributed by atoms with Crippen LogP contribution in [0.25, 0.3) is 5.65 Å². The van der Waals surface area contributed by atoms with Crippen molar-refractivity contribution in [1.82, 2.24) is 19.5 Å². The molecule has 1 unspecified atom stereocenters. The summed E-state index contributed by atoms with van der Waals surface area (Å²) in [4.78, 5) is 14.9. The lowest BCUT2D eigenvalue weighted by molar-refractivity contribution is 0.0729. The number of carbonyl (C=O) groups excluding carboxylic acids is 1. The number of benzene rings is 1. The number of rotatable bonds is 3. The Kier molecular flexibility index (Phi) is 3.99. The highest BCUT2D eigenvalue weighted by molar-refractivity contribution is 7.90. The first-order valence-corrected chi connectivity index (χ1v) is 10.2. The van der Waals surface area contributed by atoms with Gasteiger partial charge in [0.25, 0.3) is 5.91 Å². The molecule has 1 amide bonds. The zero-order chi connectivity index (χ0) is 18.3. The molecule has 4 rings (SSSR count). The highest BCUT2D eigenvalue weighted by atomic mass is 32.2. The number of nitrogens with zero attached hydrogens (tertiary/aromatic N) is 4. The Balaban J connectivity index is 1.70. The summed E-state index contributed by atoms with van der Waals surface area (Å²) in [5.74, 6) is 0.538. The first kappa shape index (κ1) is 16.7. The van der Waals surface area contributed by atoms with E-state index in [0.717, 1.165) is 30.6 Å². The summed E-state index contributed by atoms with van der Waals surface area (Å²) in [6.45, 7) is 0.606. The van der Waals surface area contributed by atoms with Crippen LogP contribution in [0, 0.1) is 0 Å². The van der Waals surface area contributed by atoms with Gasteiger partial charge in [-0.2, -0.15) is 0 Å². The predicted octanol–water partition coefficient (Wildman–Crippen LogP) is 2.11. The van der Waals surface area contributed by atoms with Crippen molar-refractivity contribution in [3.63, 3.8) is 0 Å². The summed E-state index contributed by atoms with van der Waals surface area (Å²) < 4.78 is 25.5. The Morgan fingerprint density at radius 3 is 2.81 bits per heavy atom. The van der Waals surface area contributed by atoms with Crippen molar-refractivity contribution in [2.24, 2.45) is 0 Å². The fraction of sp³-hybridized carbons (Fsp3) is 0.278. The molecule has 7 nitrogen and oxygen atoms in total. The van der Waals surface area contributed by atoms with Crippen LogP contribution in [0.4, 0.5) is 0 Å². The molecular weight excluding hydrogens is 352 g/mol. The zero-order valence-electron chi connectivity index (χ0n) is 14.2. The fourth-order valence-electron chi connectivity index (χ4n) is 3.39. The molecule has 2 aromatic heterocycles. The van der Waals surface area contributed by atoms with Crippen molar-refractivity contribution < 1.29 is 13.2 Å². The first-order chi connectivity index (χ1) is 12.4. The number of carbonyl (C=O) groups is 1. The molecule has 3 heterocycles. The third kappa shape index (κ3) is 2.86. The highest BCUT2D eigenvalue weighted by Gasteiger charge is 2.34. The van der Waals surface area contributed by atoms with Crippen LogP contribution >= 0.6 is 0 Å². The van der Waals surface area contributed by atoms with E-state index in [1.807, 2.05) is 28.8 Å². The second kappa shape index (κ2) is 6.21. The second-order valence-electron chi connectivity index (χ2n) is 6.44. The number of likely N-dealkylation sites (tertiary alicyclic amines) is 1. The van der Waals surface area contributed by atoms with Gasteiger partial charge in [-0.25, -0.2) is 8.42 Å². The van der Waals surface area contributed by atoms with Gasteiger partial charge < -0.3 is 4.90 Å². The quantitative estimate of drug-likeness (QED) is 0.705. The largest absolute Gasteiger partial charge is 0.328 e. The molecule has 0 spiro atoms. The maximum atomic E-state index is 13.0. The second-order valence-corrected chi connectivity index (χ2v) is 8.46. The molecule has 26 heavy (non-hydrogen) atoms. The number of pyridine rings is 1. The topological polar surface area (TPSA) is 84.6 Å². The third-order valence-electron chi connectivity index (χ3n) is 4.66. The van der Waals surface area contributed by atoms with Gasteiger partial charge in [-0.3, -0.25) is 9.20 Å². The van der Waals surface area contributed by atoms with Crippen LogP contribution < -0.4 is 0 Å². The van der Waals surface area contributed by atoms with E-state index in [4.69, 9.17) is 0 Å². The van der Waals surface area contributed by atoms with Crippen LogP contribution in [0.15, 0.2) is 53.6 Å². The number of hydrogen-bond acceptors (Lipinski definition) is 5. The molecule has 8 heteroatoms. The summed E-state index contributed by atoms with van der Waals surface area (Å²) in [5, 5.41) is 8.46. The van der Waals surface area contributed by atoms with Gasteiger partial charge in [0, 0.05) is 24.6 Å². The average Bonchev–Trinajstić information content (AvgIpc) is 3.27. The molecule has 1 saturated heterocycles. The van der Waals surface area contributed by atoms with Gasteiger partial charge in [0.15, 0.2) is 21.3 Å². The first-order valence-electron chi connectivity index (χ1n) is 8.36. The molecule has 0 saturated carbocycles. The molecule has 0 N–H and O–H groups in total. The summed E-state index contributed by atoms with van der Waals surface area (Å²) in [5.41, 5.74) is 1.11. The van der Waals surface area contributed by atoms with Crippen LogP contribution in [-0.4, -0.2) is 46.6 Å². The van der Waals surface area contributed by atoms with Crippen molar-refractivity contribution in [3.05, 3.63) is 60.0 Å². The van der Waals surface area contributed by atoms with Crippen LogP contribution in [0.2, 0.25) is 0 Å². The van der Waals surface area contributed by atoms with Gasteiger partial charge in [0.1, 0.15) is 0 Å².